The van der Waals surface area contributed by atoms with E-state index in [0.29, 0.717) is 25.1 Å². The fourth-order valence-electron chi connectivity index (χ4n) is 7.22. The fraction of sp³-hybridized carbons (Fsp3) is 0.452. The first-order valence-electron chi connectivity index (χ1n) is 13.8. The quantitative estimate of drug-likeness (QED) is 0.487. The molecule has 1 amide bonds. The maximum Gasteiger partial charge on any atom is 0.235 e. The van der Waals surface area contributed by atoms with E-state index in [0.717, 1.165) is 16.7 Å². The van der Waals surface area contributed by atoms with Crippen molar-refractivity contribution in [3.05, 3.63) is 53.1 Å². The van der Waals surface area contributed by atoms with Gasteiger partial charge in [-0.15, -0.1) is 0 Å². The molecule has 5 unspecified atom stereocenters. The van der Waals surface area contributed by atoms with E-state index in [1.54, 1.807) is 25.1 Å². The number of rotatable bonds is 7. The number of phenols is 1. The number of hydrogen-bond acceptors (Lipinski definition) is 8. The van der Waals surface area contributed by atoms with E-state index in [2.05, 4.69) is 0 Å². The van der Waals surface area contributed by atoms with Gasteiger partial charge in [-0.25, -0.2) is 4.39 Å². The predicted molar refractivity (Wildman–Crippen MR) is 148 cm³/mol. The maximum atomic E-state index is 13.9. The van der Waals surface area contributed by atoms with Crippen LogP contribution < -0.4 is 5.73 Å². The number of likely N-dealkylation sites (N-methyl/N-ethyl adjacent to an activating group) is 1. The third-order valence-electron chi connectivity index (χ3n) is 8.97. The summed E-state index contributed by atoms with van der Waals surface area (Å²) >= 11 is 0. The topological polar surface area (TPSA) is 138 Å². The minimum Gasteiger partial charge on any atom is -0.507 e. The van der Waals surface area contributed by atoms with E-state index >= 15 is 0 Å². The number of carbonyl (C=O) groups is 5. The van der Waals surface area contributed by atoms with Crippen LogP contribution in [0.3, 0.4) is 0 Å². The molecule has 3 N–H and O–H groups in total. The van der Waals surface area contributed by atoms with Crippen molar-refractivity contribution in [2.24, 2.45) is 35.3 Å². The van der Waals surface area contributed by atoms with Crippen molar-refractivity contribution >= 4 is 29.0 Å². The molecule has 6 atom stereocenters. The SMILES string of the molecule is CN(CCF)Cc1ccc(-c2ccc(O)c3c2CC2CC4C(C(=O)C(C(N)=O)C(=O)[C@@H]4N(C)C)C(=O)C2C3=O)cc1. The van der Waals surface area contributed by atoms with E-state index in [4.69, 9.17) is 5.73 Å². The lowest BCUT2D eigenvalue weighted by Gasteiger charge is -2.48. The molecule has 0 saturated heterocycles. The van der Waals surface area contributed by atoms with E-state index in [1.807, 2.05) is 36.2 Å². The number of benzene rings is 2. The van der Waals surface area contributed by atoms with Crippen molar-refractivity contribution in [1.29, 1.82) is 0 Å². The molecule has 0 aromatic heterocycles. The van der Waals surface area contributed by atoms with Crippen LogP contribution in [0.2, 0.25) is 0 Å². The Morgan fingerprint density at radius 3 is 2.27 bits per heavy atom. The van der Waals surface area contributed by atoms with Crippen LogP contribution in [0.15, 0.2) is 36.4 Å². The number of amides is 1. The van der Waals surface area contributed by atoms with Crippen molar-refractivity contribution in [1.82, 2.24) is 9.80 Å². The molecule has 0 bridgehead atoms. The van der Waals surface area contributed by atoms with Gasteiger partial charge in [0.25, 0.3) is 0 Å². The molecule has 0 spiro atoms. The average Bonchev–Trinajstić information content (AvgIpc) is 2.88. The van der Waals surface area contributed by atoms with Crippen LogP contribution in [0, 0.1) is 29.6 Å². The summed E-state index contributed by atoms with van der Waals surface area (Å²) in [6.45, 7) is 0.470. The number of phenolic OH excluding ortho intramolecular Hbond substituents is 1. The number of halogens is 1. The second kappa shape index (κ2) is 10.9. The number of Topliss-reactive ketones (excluding diaryl/α,β-unsaturated/α-hetero) is 4. The summed E-state index contributed by atoms with van der Waals surface area (Å²) in [5, 5.41) is 10.8. The highest BCUT2D eigenvalue weighted by molar-refractivity contribution is 6.28. The zero-order chi connectivity index (χ0) is 29.7. The van der Waals surface area contributed by atoms with Gasteiger partial charge >= 0.3 is 0 Å². The number of carbonyl (C=O) groups excluding carboxylic acids is 5. The molecule has 9 nitrogen and oxygen atoms in total. The lowest BCUT2D eigenvalue weighted by atomic mass is 9.54. The smallest absolute Gasteiger partial charge is 0.235 e. The lowest BCUT2D eigenvalue weighted by molar-refractivity contribution is -0.157. The number of fused-ring (bicyclic) bond motifs is 3. The van der Waals surface area contributed by atoms with Crippen molar-refractivity contribution in [3.8, 4) is 16.9 Å². The van der Waals surface area contributed by atoms with Crippen LogP contribution in [0.25, 0.3) is 11.1 Å². The summed E-state index contributed by atoms with van der Waals surface area (Å²) < 4.78 is 12.7. The van der Waals surface area contributed by atoms with Gasteiger partial charge in [0.1, 0.15) is 12.4 Å². The van der Waals surface area contributed by atoms with Gasteiger partial charge in [0.05, 0.1) is 23.4 Å². The molecular weight excluding hydrogens is 529 g/mol. The molecule has 10 heteroatoms. The van der Waals surface area contributed by atoms with Gasteiger partial charge < -0.3 is 10.8 Å². The number of alkyl halides is 1. The minimum atomic E-state index is -1.73. The Bertz CT molecular complexity index is 1440. The Labute approximate surface area is 237 Å². The number of primary amides is 1. The number of nitrogens with zero attached hydrogens (tertiary/aromatic N) is 2. The van der Waals surface area contributed by atoms with E-state index in [9.17, 15) is 33.5 Å². The largest absolute Gasteiger partial charge is 0.507 e. The molecule has 5 rings (SSSR count). The van der Waals surface area contributed by atoms with E-state index < -0.39 is 71.3 Å². The number of nitrogens with two attached hydrogens (primary N) is 1. The predicted octanol–water partition coefficient (Wildman–Crippen LogP) is 1.82. The first-order valence-corrected chi connectivity index (χ1v) is 13.8. The molecule has 2 fully saturated rings. The summed E-state index contributed by atoms with van der Waals surface area (Å²) in [5.74, 6) is -9.29. The summed E-state index contributed by atoms with van der Waals surface area (Å²) in [4.78, 5) is 69.9. The van der Waals surface area contributed by atoms with Crippen molar-refractivity contribution in [2.75, 3.05) is 34.4 Å². The Morgan fingerprint density at radius 2 is 1.66 bits per heavy atom. The van der Waals surface area contributed by atoms with Crippen LogP contribution >= 0.6 is 0 Å². The average molecular weight is 564 g/mol. The maximum absolute atomic E-state index is 13.9. The highest BCUT2D eigenvalue weighted by Crippen LogP contribution is 2.50. The Hall–Kier alpha value is -3.76. The van der Waals surface area contributed by atoms with Gasteiger partial charge in [-0.05, 0) is 74.1 Å². The normalized spacial score (nSPS) is 27.6. The van der Waals surface area contributed by atoms with E-state index in [1.165, 1.54) is 6.07 Å². The monoisotopic (exact) mass is 563 g/mol. The second-order valence-corrected chi connectivity index (χ2v) is 11.7. The Kier molecular flexibility index (Phi) is 7.65. The number of ketones is 4. The molecule has 0 aliphatic heterocycles. The summed E-state index contributed by atoms with van der Waals surface area (Å²) in [5.41, 5.74) is 8.66. The zero-order valence-electron chi connectivity index (χ0n) is 23.3. The van der Waals surface area contributed by atoms with Gasteiger partial charge in [-0.3, -0.25) is 33.8 Å². The van der Waals surface area contributed by atoms with Crippen LogP contribution in [0.4, 0.5) is 4.39 Å². The number of hydrogen-bond donors (Lipinski definition) is 2. The van der Waals surface area contributed by atoms with Gasteiger partial charge in [0.2, 0.25) is 5.91 Å². The van der Waals surface area contributed by atoms with Gasteiger partial charge in [-0.1, -0.05) is 30.3 Å². The molecule has 41 heavy (non-hydrogen) atoms. The highest BCUT2D eigenvalue weighted by atomic mass is 19.1. The van der Waals surface area contributed by atoms with Gasteiger partial charge in [0.15, 0.2) is 29.1 Å². The number of aromatic hydroxyl groups is 1. The first kappa shape index (κ1) is 28.8. The minimum absolute atomic E-state index is 0.0669. The molecule has 3 aliphatic carbocycles. The van der Waals surface area contributed by atoms with Crippen LogP contribution in [0.5, 0.6) is 5.75 Å². The molecule has 0 radical (unpaired) electrons. The first-order chi connectivity index (χ1) is 19.5. The molecular formula is C31H34FN3O6. The second-order valence-electron chi connectivity index (χ2n) is 11.7. The summed E-state index contributed by atoms with van der Waals surface area (Å²) in [6.07, 6.45) is 0.556. The molecule has 2 saturated carbocycles. The van der Waals surface area contributed by atoms with Gasteiger partial charge in [0, 0.05) is 13.1 Å². The molecule has 2 aromatic carbocycles. The van der Waals surface area contributed by atoms with E-state index in [-0.39, 0.29) is 17.7 Å². The van der Waals surface area contributed by atoms with Crippen molar-refractivity contribution in [3.63, 3.8) is 0 Å². The third kappa shape index (κ3) is 4.78. The molecule has 0 heterocycles. The van der Waals surface area contributed by atoms with Crippen molar-refractivity contribution < 1.29 is 33.5 Å². The van der Waals surface area contributed by atoms with Crippen molar-refractivity contribution in [2.45, 2.75) is 25.4 Å². The Balaban J connectivity index is 1.53. The molecule has 2 aromatic rings. The lowest BCUT2D eigenvalue weighted by Crippen LogP contribution is -2.64. The molecule has 216 valence electrons. The van der Waals surface area contributed by atoms with Crippen LogP contribution in [-0.2, 0) is 32.1 Å². The molecule has 3 aliphatic rings. The van der Waals surface area contributed by atoms with Crippen LogP contribution in [0.1, 0.15) is 27.9 Å². The standard InChI is InChI=1S/C31H34FN3O6/c1-34(2)26-20-13-17-12-19-18(16-6-4-15(5-7-16)14-35(3)11-10-32)8-9-21(36)23(19)27(37)22(17)28(38)24(20)29(39)25(30(26)40)31(33)41/h4-9,17,20,22,24-26,36H,10-14H2,1-3H3,(H2,33,41)/t17?,20?,22?,24?,25?,26-/m1/s1. The van der Waals surface area contributed by atoms with Gasteiger partial charge in [-0.2, -0.15) is 0 Å². The third-order valence-corrected chi connectivity index (χ3v) is 8.97. The fourth-order valence-corrected chi connectivity index (χ4v) is 7.22. The summed E-state index contributed by atoms with van der Waals surface area (Å²) in [6, 6.07) is 9.99. The highest BCUT2D eigenvalue weighted by Gasteiger charge is 2.61. The zero-order valence-corrected chi connectivity index (χ0v) is 23.3. The Morgan fingerprint density at radius 1 is 0.976 bits per heavy atom. The summed E-state index contributed by atoms with van der Waals surface area (Å²) in [7, 11) is 5.14. The van der Waals surface area contributed by atoms with Crippen LogP contribution in [-0.4, -0.2) is 84.4 Å².